The van der Waals surface area contributed by atoms with Crippen LogP contribution in [0.15, 0.2) is 66.0 Å². The predicted octanol–water partition coefficient (Wildman–Crippen LogP) is 3.82. The van der Waals surface area contributed by atoms with Crippen LogP contribution in [0.5, 0.6) is 0 Å². The van der Waals surface area contributed by atoms with Gasteiger partial charge in [-0.1, -0.05) is 60.7 Å². The normalized spacial score (nSPS) is 11.0. The second-order valence-electron chi connectivity index (χ2n) is 4.97. The van der Waals surface area contributed by atoms with E-state index in [4.69, 9.17) is 10.7 Å². The average Bonchev–Trinajstić information content (AvgIpc) is 2.98. The molecule has 0 aliphatic carbocycles. The molecule has 2 N–H and O–H groups in total. The number of hydrogen-bond acceptors (Lipinski definition) is 3. The van der Waals surface area contributed by atoms with E-state index in [1.807, 2.05) is 12.1 Å². The number of thiazole rings is 1. The molecule has 0 aliphatic heterocycles. The summed E-state index contributed by atoms with van der Waals surface area (Å²) in [6, 6.07) is 21.1. The highest BCUT2D eigenvalue weighted by molar-refractivity contribution is 7.09. The summed E-state index contributed by atoms with van der Waals surface area (Å²) in [6.07, 6.45) is 0.840. The molecule has 2 aromatic carbocycles. The lowest BCUT2D eigenvalue weighted by molar-refractivity contribution is 0.893. The van der Waals surface area contributed by atoms with Gasteiger partial charge in [-0.05, 0) is 17.7 Å². The quantitative estimate of drug-likeness (QED) is 0.777. The molecule has 0 fully saturated rings. The van der Waals surface area contributed by atoms with Gasteiger partial charge in [-0.15, -0.1) is 11.3 Å². The smallest absolute Gasteiger partial charge is 0.105 e. The second-order valence-corrected chi connectivity index (χ2v) is 5.86. The Morgan fingerprint density at radius 2 is 1.48 bits per heavy atom. The molecule has 3 heteroatoms. The van der Waals surface area contributed by atoms with E-state index in [2.05, 4.69) is 53.9 Å². The van der Waals surface area contributed by atoms with Gasteiger partial charge in [0.05, 0.1) is 11.6 Å². The number of aromatic nitrogens is 1. The van der Waals surface area contributed by atoms with Crippen molar-refractivity contribution in [3.8, 4) is 0 Å². The van der Waals surface area contributed by atoms with Gasteiger partial charge in [0.15, 0.2) is 0 Å². The third-order valence-electron chi connectivity index (χ3n) is 3.48. The molecule has 0 spiro atoms. The van der Waals surface area contributed by atoms with E-state index in [0.717, 1.165) is 17.1 Å². The summed E-state index contributed by atoms with van der Waals surface area (Å²) in [5.74, 6) is 0.198. The van der Waals surface area contributed by atoms with E-state index in [1.165, 1.54) is 11.1 Å². The first kappa shape index (κ1) is 14.0. The Hall–Kier alpha value is -1.97. The summed E-state index contributed by atoms with van der Waals surface area (Å²) >= 11 is 1.72. The maximum atomic E-state index is 5.63. The van der Waals surface area contributed by atoms with E-state index >= 15 is 0 Å². The first-order valence-corrected chi connectivity index (χ1v) is 8.00. The van der Waals surface area contributed by atoms with E-state index in [0.29, 0.717) is 6.54 Å². The molecule has 2 nitrogen and oxygen atoms in total. The Bertz CT molecular complexity index is 637. The summed E-state index contributed by atoms with van der Waals surface area (Å²) in [7, 11) is 0. The van der Waals surface area contributed by atoms with Gasteiger partial charge in [0.25, 0.3) is 0 Å². The van der Waals surface area contributed by atoms with E-state index in [9.17, 15) is 0 Å². The van der Waals surface area contributed by atoms with Gasteiger partial charge in [0, 0.05) is 11.8 Å². The zero-order chi connectivity index (χ0) is 14.5. The molecule has 21 heavy (non-hydrogen) atoms. The average molecular weight is 294 g/mol. The molecule has 1 aromatic heterocycles. The highest BCUT2D eigenvalue weighted by Gasteiger charge is 2.19. The number of rotatable bonds is 5. The number of nitrogens with two attached hydrogens (primary N) is 1. The molecule has 0 saturated heterocycles. The van der Waals surface area contributed by atoms with Crippen LogP contribution in [0.2, 0.25) is 0 Å². The van der Waals surface area contributed by atoms with Crippen LogP contribution >= 0.6 is 11.3 Å². The standard InChI is InChI=1S/C18H18N2S/c19-12-11-16-13-21-18(20-16)17(14-7-3-1-4-8-14)15-9-5-2-6-10-15/h1-10,13,17H,11-12,19H2. The Kier molecular flexibility index (Phi) is 4.43. The fraction of sp³-hybridized carbons (Fsp3) is 0.167. The summed E-state index contributed by atoms with van der Waals surface area (Å²) in [5.41, 5.74) is 9.28. The van der Waals surface area contributed by atoms with Crippen LogP contribution in [0, 0.1) is 0 Å². The molecule has 0 aliphatic rings. The lowest BCUT2D eigenvalue weighted by Gasteiger charge is -2.15. The van der Waals surface area contributed by atoms with E-state index in [1.54, 1.807) is 11.3 Å². The van der Waals surface area contributed by atoms with Crippen molar-refractivity contribution < 1.29 is 0 Å². The third kappa shape index (κ3) is 3.20. The van der Waals surface area contributed by atoms with Crippen LogP contribution < -0.4 is 5.73 Å². The molecule has 1 heterocycles. The van der Waals surface area contributed by atoms with Crippen LogP contribution in [0.3, 0.4) is 0 Å². The lowest BCUT2D eigenvalue weighted by atomic mass is 9.92. The Balaban J connectivity index is 2.03. The minimum atomic E-state index is 0.198. The number of nitrogens with zero attached hydrogens (tertiary/aromatic N) is 1. The minimum Gasteiger partial charge on any atom is -0.330 e. The Morgan fingerprint density at radius 1 is 0.905 bits per heavy atom. The Morgan fingerprint density at radius 3 is 2.00 bits per heavy atom. The van der Waals surface area contributed by atoms with Gasteiger partial charge in [-0.2, -0.15) is 0 Å². The SMILES string of the molecule is NCCc1csc(C(c2ccccc2)c2ccccc2)n1. The fourth-order valence-corrected chi connectivity index (χ4v) is 3.49. The minimum absolute atomic E-state index is 0.198. The van der Waals surface area contributed by atoms with Crippen molar-refractivity contribution in [1.29, 1.82) is 0 Å². The maximum absolute atomic E-state index is 5.63. The van der Waals surface area contributed by atoms with Gasteiger partial charge in [0.1, 0.15) is 5.01 Å². The van der Waals surface area contributed by atoms with Crippen molar-refractivity contribution in [2.45, 2.75) is 12.3 Å². The van der Waals surface area contributed by atoms with E-state index in [-0.39, 0.29) is 5.92 Å². The van der Waals surface area contributed by atoms with Crippen LogP contribution in [0.4, 0.5) is 0 Å². The summed E-state index contributed by atoms with van der Waals surface area (Å²) in [4.78, 5) is 4.79. The maximum Gasteiger partial charge on any atom is 0.105 e. The van der Waals surface area contributed by atoms with Crippen molar-refractivity contribution in [1.82, 2.24) is 4.98 Å². The van der Waals surface area contributed by atoms with Crippen LogP contribution in [-0.4, -0.2) is 11.5 Å². The van der Waals surface area contributed by atoms with Crippen LogP contribution in [0.1, 0.15) is 27.7 Å². The summed E-state index contributed by atoms with van der Waals surface area (Å²) in [5, 5.41) is 3.26. The van der Waals surface area contributed by atoms with Gasteiger partial charge < -0.3 is 5.73 Å². The molecule has 0 unspecified atom stereocenters. The van der Waals surface area contributed by atoms with Crippen LogP contribution in [0.25, 0.3) is 0 Å². The second kappa shape index (κ2) is 6.66. The molecular formula is C18H18N2S. The topological polar surface area (TPSA) is 38.9 Å². The molecule has 0 amide bonds. The predicted molar refractivity (Wildman–Crippen MR) is 88.7 cm³/mol. The lowest BCUT2D eigenvalue weighted by Crippen LogP contribution is -2.05. The summed E-state index contributed by atoms with van der Waals surface area (Å²) < 4.78 is 0. The van der Waals surface area contributed by atoms with Crippen LogP contribution in [-0.2, 0) is 6.42 Å². The number of benzene rings is 2. The molecule has 3 rings (SSSR count). The van der Waals surface area contributed by atoms with E-state index < -0.39 is 0 Å². The van der Waals surface area contributed by atoms with Gasteiger partial charge in [-0.3, -0.25) is 0 Å². The monoisotopic (exact) mass is 294 g/mol. The molecule has 106 valence electrons. The molecular weight excluding hydrogens is 276 g/mol. The van der Waals surface area contributed by atoms with Gasteiger partial charge in [-0.25, -0.2) is 4.98 Å². The van der Waals surface area contributed by atoms with Crippen molar-refractivity contribution >= 4 is 11.3 Å². The summed E-state index contributed by atoms with van der Waals surface area (Å²) in [6.45, 7) is 0.643. The molecule has 3 aromatic rings. The third-order valence-corrected chi connectivity index (χ3v) is 4.44. The van der Waals surface area contributed by atoms with Gasteiger partial charge in [0.2, 0.25) is 0 Å². The highest BCUT2D eigenvalue weighted by atomic mass is 32.1. The largest absolute Gasteiger partial charge is 0.330 e. The first-order valence-electron chi connectivity index (χ1n) is 7.12. The molecule has 0 radical (unpaired) electrons. The number of hydrogen-bond donors (Lipinski definition) is 1. The molecule has 0 saturated carbocycles. The molecule has 0 bridgehead atoms. The zero-order valence-electron chi connectivity index (χ0n) is 11.8. The zero-order valence-corrected chi connectivity index (χ0v) is 12.6. The Labute approximate surface area is 129 Å². The van der Waals surface area contributed by atoms with Gasteiger partial charge >= 0.3 is 0 Å². The first-order chi connectivity index (χ1) is 10.4. The van der Waals surface area contributed by atoms with Crippen molar-refractivity contribution in [2.75, 3.05) is 6.54 Å². The highest BCUT2D eigenvalue weighted by Crippen LogP contribution is 2.33. The van der Waals surface area contributed by atoms with Crippen molar-refractivity contribution in [2.24, 2.45) is 5.73 Å². The van der Waals surface area contributed by atoms with Crippen molar-refractivity contribution in [3.63, 3.8) is 0 Å². The fourth-order valence-electron chi connectivity index (χ4n) is 2.49. The van der Waals surface area contributed by atoms with Crippen molar-refractivity contribution in [3.05, 3.63) is 87.9 Å². The molecule has 0 atom stereocenters.